The summed E-state index contributed by atoms with van der Waals surface area (Å²) in [5, 5.41) is 11.0. The topological polar surface area (TPSA) is 52.0 Å². The Hall–Kier alpha value is -3.44. The Labute approximate surface area is 333 Å². The predicted octanol–water partition coefficient (Wildman–Crippen LogP) is 13.7. The van der Waals surface area contributed by atoms with Gasteiger partial charge in [-0.2, -0.15) is 5.11 Å². The normalized spacial score (nSPS) is 15.9. The summed E-state index contributed by atoms with van der Waals surface area (Å²) in [6.07, 6.45) is 16.4. The lowest BCUT2D eigenvalue weighted by Crippen LogP contribution is -2.35. The fraction of sp³-hybridized carbons (Fsp3) is 0.592. The van der Waals surface area contributed by atoms with Crippen LogP contribution >= 0.6 is 0 Å². The molecule has 3 aromatic rings. The highest BCUT2D eigenvalue weighted by Crippen LogP contribution is 2.34. The number of aryl methyl sites for hydroxylation is 5. The van der Waals surface area contributed by atoms with Gasteiger partial charge in [-0.3, -0.25) is 5.43 Å². The van der Waals surface area contributed by atoms with Crippen molar-refractivity contribution in [2.45, 2.75) is 152 Å². The highest BCUT2D eigenvalue weighted by atomic mass is 15.4. The Balaban J connectivity index is 0.000000395. The van der Waals surface area contributed by atoms with Crippen LogP contribution in [0.3, 0.4) is 0 Å². The first-order valence-corrected chi connectivity index (χ1v) is 21.7. The zero-order chi connectivity index (χ0) is 40.0. The number of hydrogen-bond donors (Lipinski definition) is 2. The van der Waals surface area contributed by atoms with Crippen LogP contribution < -0.4 is 15.6 Å². The molecule has 0 spiro atoms. The summed E-state index contributed by atoms with van der Waals surface area (Å²) in [7, 11) is 1.65. The number of nitrogens with one attached hydrogen (secondary N) is 2. The Morgan fingerprint density at radius 2 is 1.50 bits per heavy atom. The summed E-state index contributed by atoms with van der Waals surface area (Å²) in [6.45, 7) is 28.0. The van der Waals surface area contributed by atoms with Crippen molar-refractivity contribution >= 4 is 5.69 Å². The van der Waals surface area contributed by atoms with E-state index in [0.717, 1.165) is 38.0 Å². The van der Waals surface area contributed by atoms with Crippen LogP contribution in [-0.2, 0) is 12.8 Å². The van der Waals surface area contributed by atoms with Crippen LogP contribution in [0, 0.1) is 26.7 Å². The number of allylic oxidation sites excluding steroid dienone is 1. The van der Waals surface area contributed by atoms with Crippen LogP contribution in [0.4, 0.5) is 5.69 Å². The molecule has 0 bridgehead atoms. The van der Waals surface area contributed by atoms with Crippen molar-refractivity contribution in [1.82, 2.24) is 10.7 Å². The second kappa shape index (κ2) is 30.8. The molecule has 1 saturated heterocycles. The molecule has 2 atom stereocenters. The lowest BCUT2D eigenvalue weighted by molar-refractivity contribution is 0.303. The largest absolute Gasteiger partial charge is 0.371 e. The summed E-state index contributed by atoms with van der Waals surface area (Å²) in [5.41, 5.74) is 13.9. The van der Waals surface area contributed by atoms with E-state index in [1.54, 1.807) is 12.6 Å². The highest BCUT2D eigenvalue weighted by Gasteiger charge is 2.25. The predicted molar refractivity (Wildman–Crippen MR) is 240 cm³/mol. The van der Waals surface area contributed by atoms with E-state index >= 15 is 0 Å². The maximum atomic E-state index is 3.98. The Kier molecular flexibility index (Phi) is 27.7. The number of unbranched alkanes of at least 4 members (excludes halogenated alkanes) is 4. The molecule has 0 amide bonds. The van der Waals surface area contributed by atoms with Gasteiger partial charge in [-0.1, -0.05) is 163 Å². The van der Waals surface area contributed by atoms with Crippen LogP contribution in [0.2, 0.25) is 0 Å². The fourth-order valence-electron chi connectivity index (χ4n) is 7.04. The molecule has 1 fully saturated rings. The molecule has 0 saturated carbocycles. The monoisotopic (exact) mass is 740 g/mol. The summed E-state index contributed by atoms with van der Waals surface area (Å²) in [4.78, 5) is 2.58. The third-order valence-electron chi connectivity index (χ3n) is 10.2. The van der Waals surface area contributed by atoms with Crippen molar-refractivity contribution in [1.29, 1.82) is 0 Å². The maximum absolute atomic E-state index is 3.98. The van der Waals surface area contributed by atoms with Gasteiger partial charge in [0.25, 0.3) is 0 Å². The number of nitrogens with zero attached hydrogens (tertiary/aromatic N) is 3. The lowest BCUT2D eigenvalue weighted by Gasteiger charge is -2.33. The molecule has 2 N–H and O–H groups in total. The van der Waals surface area contributed by atoms with Crippen LogP contribution in [-0.4, -0.2) is 33.2 Å². The van der Waals surface area contributed by atoms with E-state index in [2.05, 4.69) is 148 Å². The van der Waals surface area contributed by atoms with Gasteiger partial charge in [0.1, 0.15) is 0 Å². The van der Waals surface area contributed by atoms with Crippen molar-refractivity contribution in [3.63, 3.8) is 0 Å². The van der Waals surface area contributed by atoms with Crippen molar-refractivity contribution in [2.24, 2.45) is 16.3 Å². The number of fused-ring (bicyclic) bond motifs is 1. The smallest absolute Gasteiger partial charge is 0.0509 e. The summed E-state index contributed by atoms with van der Waals surface area (Å²) >= 11 is 0. The van der Waals surface area contributed by atoms with E-state index in [1.807, 2.05) is 13.8 Å². The third-order valence-corrected chi connectivity index (χ3v) is 10.2. The van der Waals surface area contributed by atoms with Crippen LogP contribution in [0.25, 0.3) is 0 Å². The van der Waals surface area contributed by atoms with Gasteiger partial charge in [-0.15, -0.1) is 0 Å². The van der Waals surface area contributed by atoms with E-state index in [0.29, 0.717) is 11.8 Å². The Bertz CT molecular complexity index is 1370. The van der Waals surface area contributed by atoms with Crippen molar-refractivity contribution in [2.75, 3.05) is 38.1 Å². The standard InChI is InChI=1S/C18H28N4.C15H23N.C8H10.C6H14.C2H6/c1-14-7-9-16(10-8-14)18-11-12-20-13-17(18)6-4-5-15(2)21-22-19-3;1-3-5-10-16-11-6-7-14-9-8-13(4-2)12-15(14)16;1-7-4-3-5-8(2)6-7;1-3-5-6-4-2;1-2/h7-10,17-18,20H,2,4-6,11-13H2,1,3H3,(H,19,21);8-9,12H,3-7,10-11H2,1-2H3;3-6H,1-2H3;3-6H2,1-2H3;1-2H3/t17-,18?;;;;/m1..../s1. The molecule has 302 valence electrons. The van der Waals surface area contributed by atoms with Crippen molar-refractivity contribution in [3.8, 4) is 0 Å². The van der Waals surface area contributed by atoms with Gasteiger partial charge in [0.05, 0.1) is 7.05 Å². The number of benzene rings is 3. The fourth-order valence-corrected chi connectivity index (χ4v) is 7.04. The zero-order valence-electron chi connectivity index (χ0n) is 36.6. The molecule has 0 aliphatic carbocycles. The summed E-state index contributed by atoms with van der Waals surface area (Å²) < 4.78 is 0. The quantitative estimate of drug-likeness (QED) is 0.0983. The van der Waals surface area contributed by atoms with Gasteiger partial charge in [0.15, 0.2) is 0 Å². The first kappa shape index (κ1) is 48.6. The van der Waals surface area contributed by atoms with Gasteiger partial charge in [-0.25, -0.2) is 0 Å². The van der Waals surface area contributed by atoms with Gasteiger partial charge < -0.3 is 10.2 Å². The highest BCUT2D eigenvalue weighted by molar-refractivity contribution is 5.57. The van der Waals surface area contributed by atoms with Crippen LogP contribution in [0.5, 0.6) is 0 Å². The first-order chi connectivity index (χ1) is 26.3. The Morgan fingerprint density at radius 3 is 2.07 bits per heavy atom. The average molecular weight is 740 g/mol. The first-order valence-electron chi connectivity index (χ1n) is 21.7. The summed E-state index contributed by atoms with van der Waals surface area (Å²) in [5.74, 6) is 1.38. The second-order valence-electron chi connectivity index (χ2n) is 14.8. The minimum Gasteiger partial charge on any atom is -0.371 e. The van der Waals surface area contributed by atoms with E-state index in [-0.39, 0.29) is 0 Å². The zero-order valence-corrected chi connectivity index (χ0v) is 36.6. The van der Waals surface area contributed by atoms with E-state index < -0.39 is 0 Å². The lowest BCUT2D eigenvalue weighted by atomic mass is 9.78. The molecule has 5 rings (SSSR count). The third kappa shape index (κ3) is 20.3. The number of rotatable bonds is 14. The number of hydrogen-bond acceptors (Lipinski definition) is 4. The molecule has 1 unspecified atom stereocenters. The molecular formula is C49H81N5. The minimum atomic E-state index is 0.679. The average Bonchev–Trinajstić information content (AvgIpc) is 3.20. The van der Waals surface area contributed by atoms with Gasteiger partial charge in [0, 0.05) is 24.5 Å². The molecule has 3 aromatic carbocycles. The molecule has 5 nitrogen and oxygen atoms in total. The molecule has 0 radical (unpaired) electrons. The number of anilines is 1. The van der Waals surface area contributed by atoms with Crippen molar-refractivity contribution in [3.05, 3.63) is 112 Å². The molecule has 0 aromatic heterocycles. The van der Waals surface area contributed by atoms with E-state index in [1.165, 1.54) is 111 Å². The molecule has 2 aliphatic rings. The van der Waals surface area contributed by atoms with Crippen LogP contribution in [0.1, 0.15) is 151 Å². The van der Waals surface area contributed by atoms with Crippen molar-refractivity contribution < 1.29 is 0 Å². The molecule has 2 aliphatic heterocycles. The molecule has 5 heteroatoms. The summed E-state index contributed by atoms with van der Waals surface area (Å²) in [6, 6.07) is 24.6. The minimum absolute atomic E-state index is 0.679. The molecule has 2 heterocycles. The van der Waals surface area contributed by atoms with Crippen LogP contribution in [0.15, 0.2) is 89.3 Å². The number of piperidine rings is 1. The molecular weight excluding hydrogens is 659 g/mol. The second-order valence-corrected chi connectivity index (χ2v) is 14.8. The van der Waals surface area contributed by atoms with E-state index in [4.69, 9.17) is 0 Å². The SMILES string of the molecule is C=C(CCC[C@@H]1CNCCC1c1ccc(C)cc1)NN=NC.CC.CCCCCC.CCCCN1CCCc2ccc(CC)cc21.Cc1cccc(C)c1. The molecule has 54 heavy (non-hydrogen) atoms. The maximum Gasteiger partial charge on any atom is 0.0509 e. The Morgan fingerprint density at radius 1 is 0.833 bits per heavy atom. The van der Waals surface area contributed by atoms with Gasteiger partial charge in [-0.05, 0) is 120 Å². The van der Waals surface area contributed by atoms with Gasteiger partial charge >= 0.3 is 0 Å². The van der Waals surface area contributed by atoms with E-state index in [9.17, 15) is 0 Å². The van der Waals surface area contributed by atoms with Gasteiger partial charge in [0.2, 0.25) is 0 Å².